The number of nitrogens with one attached hydrogen (secondary N) is 1. The van der Waals surface area contributed by atoms with Gasteiger partial charge in [0.2, 0.25) is 5.91 Å². The first-order valence-electron chi connectivity index (χ1n) is 9.90. The van der Waals surface area contributed by atoms with Crippen LogP contribution in [0, 0.1) is 6.92 Å². The van der Waals surface area contributed by atoms with E-state index in [0.717, 1.165) is 24.0 Å². The fourth-order valence-electron chi connectivity index (χ4n) is 3.67. The van der Waals surface area contributed by atoms with Gasteiger partial charge in [-0.2, -0.15) is 5.10 Å². The molecule has 1 N–H and O–H groups in total. The maximum Gasteiger partial charge on any atom is 0.253 e. The van der Waals surface area contributed by atoms with E-state index in [1.54, 1.807) is 17.5 Å². The van der Waals surface area contributed by atoms with Crippen LogP contribution in [0.5, 0.6) is 0 Å². The number of thiophene rings is 1. The fourth-order valence-corrected chi connectivity index (χ4v) is 4.56. The highest BCUT2D eigenvalue weighted by molar-refractivity contribution is 7.10. The number of hydrogen-bond acceptors (Lipinski definition) is 5. The number of rotatable bonds is 5. The Morgan fingerprint density at radius 2 is 2.17 bits per heavy atom. The van der Waals surface area contributed by atoms with Crippen LogP contribution in [-0.2, 0) is 17.8 Å². The molecule has 0 fully saturated rings. The molecule has 0 spiro atoms. The first-order valence-corrected chi connectivity index (χ1v) is 10.8. The summed E-state index contributed by atoms with van der Waals surface area (Å²) in [5.74, 6) is -0.133. The smallest absolute Gasteiger partial charge is 0.253 e. The predicted octanol–water partition coefficient (Wildman–Crippen LogP) is 3.09. The largest absolute Gasteiger partial charge is 0.351 e. The normalized spacial score (nSPS) is 13.7. The average Bonchev–Trinajstić information content (AvgIpc) is 3.32. The summed E-state index contributed by atoms with van der Waals surface area (Å²) in [6.45, 7) is 7.65. The van der Waals surface area contributed by atoms with Crippen molar-refractivity contribution in [2.45, 2.75) is 46.2 Å². The maximum atomic E-state index is 12.6. The lowest BCUT2D eigenvalue weighted by Crippen LogP contribution is -2.37. The van der Waals surface area contributed by atoms with Crippen molar-refractivity contribution in [1.29, 1.82) is 0 Å². The number of carbonyl (C=O) groups is 2. The predicted molar refractivity (Wildman–Crippen MR) is 113 cm³/mol. The Labute approximate surface area is 173 Å². The van der Waals surface area contributed by atoms with Gasteiger partial charge in [-0.15, -0.1) is 11.3 Å². The van der Waals surface area contributed by atoms with Crippen LogP contribution in [0.3, 0.4) is 0 Å². The summed E-state index contributed by atoms with van der Waals surface area (Å²) in [7, 11) is 0. The molecule has 4 heterocycles. The third-order valence-corrected chi connectivity index (χ3v) is 6.30. The van der Waals surface area contributed by atoms with Gasteiger partial charge in [-0.3, -0.25) is 9.59 Å². The van der Waals surface area contributed by atoms with Gasteiger partial charge in [0.25, 0.3) is 5.91 Å². The van der Waals surface area contributed by atoms with Crippen molar-refractivity contribution in [2.24, 2.45) is 0 Å². The van der Waals surface area contributed by atoms with E-state index in [4.69, 9.17) is 0 Å². The zero-order valence-corrected chi connectivity index (χ0v) is 17.8. The van der Waals surface area contributed by atoms with Crippen LogP contribution in [0.4, 0.5) is 0 Å². The molecule has 0 unspecified atom stereocenters. The van der Waals surface area contributed by atoms with Crippen LogP contribution in [0.15, 0.2) is 23.7 Å². The number of hydrogen-bond donors (Lipinski definition) is 1. The lowest BCUT2D eigenvalue weighted by molar-refractivity contribution is -0.131. The van der Waals surface area contributed by atoms with Gasteiger partial charge in [0.05, 0.1) is 17.5 Å². The van der Waals surface area contributed by atoms with E-state index >= 15 is 0 Å². The molecular formula is C21H25N5O2S. The van der Waals surface area contributed by atoms with E-state index in [9.17, 15) is 9.59 Å². The summed E-state index contributed by atoms with van der Waals surface area (Å²) in [4.78, 5) is 33.0. The molecule has 0 bridgehead atoms. The number of aryl methyl sites for hydroxylation is 1. The molecule has 3 aromatic rings. The average molecular weight is 412 g/mol. The Morgan fingerprint density at radius 3 is 2.97 bits per heavy atom. The van der Waals surface area contributed by atoms with Crippen LogP contribution < -0.4 is 5.32 Å². The molecule has 2 amide bonds. The van der Waals surface area contributed by atoms with Crippen LogP contribution in [0.2, 0.25) is 0 Å². The lowest BCUT2D eigenvalue weighted by Gasteiger charge is -2.27. The van der Waals surface area contributed by atoms with E-state index in [1.807, 2.05) is 36.4 Å². The highest BCUT2D eigenvalue weighted by Gasteiger charge is 2.21. The molecular weight excluding hydrogens is 386 g/mol. The van der Waals surface area contributed by atoms with Gasteiger partial charge in [0.15, 0.2) is 5.65 Å². The van der Waals surface area contributed by atoms with Crippen molar-refractivity contribution in [3.05, 3.63) is 45.4 Å². The number of aromatic nitrogens is 3. The summed E-state index contributed by atoms with van der Waals surface area (Å²) in [5.41, 5.74) is 3.21. The third kappa shape index (κ3) is 3.89. The van der Waals surface area contributed by atoms with Gasteiger partial charge in [-0.1, -0.05) is 0 Å². The minimum absolute atomic E-state index is 0.0747. The van der Waals surface area contributed by atoms with Crippen molar-refractivity contribution < 1.29 is 9.59 Å². The summed E-state index contributed by atoms with van der Waals surface area (Å²) in [6.07, 6.45) is 2.95. The number of pyridine rings is 1. The molecule has 8 heteroatoms. The quantitative estimate of drug-likeness (QED) is 0.700. The molecule has 0 saturated carbocycles. The molecule has 7 nitrogen and oxygen atoms in total. The number of nitrogens with zero attached hydrogens (tertiary/aromatic N) is 4. The van der Waals surface area contributed by atoms with Gasteiger partial charge in [-0.25, -0.2) is 9.67 Å². The topological polar surface area (TPSA) is 80.1 Å². The fraction of sp³-hybridized carbons (Fsp3) is 0.429. The van der Waals surface area contributed by atoms with Crippen LogP contribution in [0.25, 0.3) is 11.0 Å². The number of amides is 2. The standard InChI is InChI=1S/C21H25N5O2S/c1-13(2)26-20-16(11-23-26)10-17(14(3)24-20)21(28)22-7-4-19(27)25-8-5-18-15(12-25)6-9-29-18/h6,9-11,13H,4-5,7-8,12H2,1-3H3,(H,22,28). The SMILES string of the molecule is Cc1nc2c(cnn2C(C)C)cc1C(=O)NCCC(=O)N1CCc2sccc2C1. The first-order chi connectivity index (χ1) is 13.9. The second kappa shape index (κ2) is 7.94. The van der Waals surface area contributed by atoms with Gasteiger partial charge in [0, 0.05) is 42.4 Å². The van der Waals surface area contributed by atoms with Gasteiger partial charge >= 0.3 is 0 Å². The Balaban J connectivity index is 1.36. The minimum Gasteiger partial charge on any atom is -0.351 e. The molecule has 3 aromatic heterocycles. The molecule has 0 radical (unpaired) electrons. The van der Waals surface area contributed by atoms with Crippen LogP contribution in [-0.4, -0.2) is 44.6 Å². The first kappa shape index (κ1) is 19.6. The Bertz CT molecular complexity index is 1070. The Morgan fingerprint density at radius 1 is 1.34 bits per heavy atom. The van der Waals surface area contributed by atoms with Gasteiger partial charge in [-0.05, 0) is 50.3 Å². The van der Waals surface area contributed by atoms with Crippen molar-refractivity contribution in [2.75, 3.05) is 13.1 Å². The van der Waals surface area contributed by atoms with Crippen LogP contribution in [0.1, 0.15) is 52.8 Å². The van der Waals surface area contributed by atoms with Crippen molar-refractivity contribution in [3.8, 4) is 0 Å². The Hall–Kier alpha value is -2.74. The summed E-state index contributed by atoms with van der Waals surface area (Å²) in [6, 6.07) is 4.11. The highest BCUT2D eigenvalue weighted by atomic mass is 32.1. The van der Waals surface area contributed by atoms with Crippen molar-refractivity contribution >= 4 is 34.2 Å². The molecule has 0 saturated heterocycles. The van der Waals surface area contributed by atoms with Crippen LogP contribution >= 0.6 is 11.3 Å². The zero-order valence-electron chi connectivity index (χ0n) is 16.9. The molecule has 152 valence electrons. The summed E-state index contributed by atoms with van der Waals surface area (Å²) < 4.78 is 1.85. The van der Waals surface area contributed by atoms with Crippen molar-refractivity contribution in [1.82, 2.24) is 25.0 Å². The maximum absolute atomic E-state index is 12.6. The van der Waals surface area contributed by atoms with E-state index in [2.05, 4.69) is 26.8 Å². The molecule has 0 aromatic carbocycles. The molecule has 0 aliphatic carbocycles. The summed E-state index contributed by atoms with van der Waals surface area (Å²) >= 11 is 1.76. The van der Waals surface area contributed by atoms with E-state index in [1.165, 1.54) is 10.4 Å². The molecule has 29 heavy (non-hydrogen) atoms. The molecule has 4 rings (SSSR count). The second-order valence-corrected chi connectivity index (χ2v) is 8.66. The second-order valence-electron chi connectivity index (χ2n) is 7.66. The van der Waals surface area contributed by atoms with E-state index < -0.39 is 0 Å². The molecule has 1 aliphatic rings. The summed E-state index contributed by atoms with van der Waals surface area (Å²) in [5, 5.41) is 10.1. The minimum atomic E-state index is -0.208. The molecule has 0 atom stereocenters. The van der Waals surface area contributed by atoms with Gasteiger partial charge in [0.1, 0.15) is 0 Å². The van der Waals surface area contributed by atoms with E-state index in [-0.39, 0.29) is 17.9 Å². The Kier molecular flexibility index (Phi) is 5.36. The van der Waals surface area contributed by atoms with E-state index in [0.29, 0.717) is 30.8 Å². The third-order valence-electron chi connectivity index (χ3n) is 5.28. The molecule has 1 aliphatic heterocycles. The highest BCUT2D eigenvalue weighted by Crippen LogP contribution is 2.24. The van der Waals surface area contributed by atoms with Crippen molar-refractivity contribution in [3.63, 3.8) is 0 Å². The number of fused-ring (bicyclic) bond motifs is 2. The zero-order chi connectivity index (χ0) is 20.5. The monoisotopic (exact) mass is 411 g/mol. The van der Waals surface area contributed by atoms with Gasteiger partial charge < -0.3 is 10.2 Å². The number of carbonyl (C=O) groups excluding carboxylic acids is 2. The lowest BCUT2D eigenvalue weighted by atomic mass is 10.1.